The molecule has 140 valence electrons. The Kier molecular flexibility index (Phi) is 4.09. The first-order valence-corrected chi connectivity index (χ1v) is 9.44. The summed E-state index contributed by atoms with van der Waals surface area (Å²) in [4.78, 5) is 15.1. The molecule has 0 aliphatic carbocycles. The van der Waals surface area contributed by atoms with E-state index < -0.39 is 0 Å². The molecule has 9 nitrogen and oxygen atoms in total. The summed E-state index contributed by atoms with van der Waals surface area (Å²) in [6, 6.07) is 10.7. The predicted octanol–water partition coefficient (Wildman–Crippen LogP) is 2.97. The SMILES string of the molecule is O=C(Cn1nnc(-c2cccs2)n1)N1N=C(c2ccco2)C[C@@H]1c1ccco1. The summed E-state index contributed by atoms with van der Waals surface area (Å²) in [5.74, 6) is 1.51. The number of hydrogen-bond donors (Lipinski definition) is 0. The van der Waals surface area contributed by atoms with Crippen molar-refractivity contribution in [3.05, 3.63) is 65.8 Å². The van der Waals surface area contributed by atoms with Crippen LogP contribution in [0.15, 0.2) is 68.2 Å². The standard InChI is InChI=1S/C18H14N6O3S/c25-17(11-23-21-18(19-22-23)16-6-3-9-28-16)24-13(15-5-2-8-27-15)10-12(20-24)14-4-1-7-26-14/h1-9,13H,10-11H2/t13-/m1/s1. The van der Waals surface area contributed by atoms with Crippen molar-refractivity contribution in [2.24, 2.45) is 5.10 Å². The average molecular weight is 394 g/mol. The van der Waals surface area contributed by atoms with E-state index in [0.29, 0.717) is 29.5 Å². The first kappa shape index (κ1) is 16.6. The summed E-state index contributed by atoms with van der Waals surface area (Å²) in [7, 11) is 0. The largest absolute Gasteiger partial charge is 0.467 e. The smallest absolute Gasteiger partial charge is 0.267 e. The molecular formula is C18H14N6O3S. The van der Waals surface area contributed by atoms with Crippen molar-refractivity contribution in [3.8, 4) is 10.7 Å². The summed E-state index contributed by atoms with van der Waals surface area (Å²) in [6.45, 7) is -0.0789. The van der Waals surface area contributed by atoms with Gasteiger partial charge in [0.15, 0.2) is 0 Å². The van der Waals surface area contributed by atoms with Crippen molar-refractivity contribution in [1.82, 2.24) is 25.2 Å². The highest BCUT2D eigenvalue weighted by Gasteiger charge is 2.36. The third kappa shape index (κ3) is 3.03. The van der Waals surface area contributed by atoms with Crippen LogP contribution in [0.2, 0.25) is 0 Å². The molecule has 0 saturated carbocycles. The second-order valence-electron chi connectivity index (χ2n) is 6.12. The average Bonchev–Trinajstić information content (AvgIpc) is 3.53. The maximum Gasteiger partial charge on any atom is 0.267 e. The molecule has 1 aliphatic heterocycles. The maximum atomic E-state index is 13.0. The number of hydrogen-bond acceptors (Lipinski definition) is 8. The zero-order valence-electron chi connectivity index (χ0n) is 14.5. The molecule has 0 N–H and O–H groups in total. The van der Waals surface area contributed by atoms with Gasteiger partial charge in [0.2, 0.25) is 5.82 Å². The molecule has 1 atom stereocenters. The molecule has 10 heteroatoms. The number of nitrogens with zero attached hydrogens (tertiary/aromatic N) is 6. The summed E-state index contributed by atoms with van der Waals surface area (Å²) >= 11 is 1.51. The Bertz CT molecular complexity index is 1100. The Hall–Kier alpha value is -3.53. The Labute approximate surface area is 162 Å². The molecule has 4 aromatic rings. The van der Waals surface area contributed by atoms with Crippen LogP contribution in [0.4, 0.5) is 0 Å². The molecule has 1 amide bonds. The van der Waals surface area contributed by atoms with Crippen LogP contribution in [0.25, 0.3) is 10.7 Å². The van der Waals surface area contributed by atoms with Crippen LogP contribution >= 0.6 is 11.3 Å². The van der Waals surface area contributed by atoms with Crippen LogP contribution in [0.5, 0.6) is 0 Å². The van der Waals surface area contributed by atoms with Crippen LogP contribution in [0, 0.1) is 0 Å². The monoisotopic (exact) mass is 394 g/mol. The van der Waals surface area contributed by atoms with Gasteiger partial charge in [0.05, 0.1) is 17.4 Å². The minimum atomic E-state index is -0.345. The highest BCUT2D eigenvalue weighted by Crippen LogP contribution is 2.33. The topological polar surface area (TPSA) is 103 Å². The molecule has 0 fully saturated rings. The number of furan rings is 2. The molecule has 0 spiro atoms. The maximum absolute atomic E-state index is 13.0. The van der Waals surface area contributed by atoms with Crippen molar-refractivity contribution in [3.63, 3.8) is 0 Å². The van der Waals surface area contributed by atoms with Gasteiger partial charge in [-0.1, -0.05) is 6.07 Å². The minimum absolute atomic E-state index is 0.0789. The van der Waals surface area contributed by atoms with E-state index in [-0.39, 0.29) is 18.5 Å². The van der Waals surface area contributed by atoms with Gasteiger partial charge in [-0.3, -0.25) is 4.79 Å². The fourth-order valence-corrected chi connectivity index (χ4v) is 3.69. The molecule has 4 aromatic heterocycles. The molecule has 1 aliphatic rings. The number of hydrazone groups is 1. The molecule has 5 rings (SSSR count). The summed E-state index contributed by atoms with van der Waals surface area (Å²) in [5.41, 5.74) is 0.686. The molecule has 0 aromatic carbocycles. The van der Waals surface area contributed by atoms with Gasteiger partial charge in [-0.05, 0) is 40.9 Å². The predicted molar refractivity (Wildman–Crippen MR) is 99.3 cm³/mol. The lowest BCUT2D eigenvalue weighted by atomic mass is 10.1. The van der Waals surface area contributed by atoms with E-state index in [9.17, 15) is 4.79 Å². The van der Waals surface area contributed by atoms with E-state index in [4.69, 9.17) is 8.83 Å². The van der Waals surface area contributed by atoms with Crippen LogP contribution in [-0.2, 0) is 11.3 Å². The van der Waals surface area contributed by atoms with Crippen molar-refractivity contribution in [2.75, 3.05) is 0 Å². The molecule has 0 unspecified atom stereocenters. The van der Waals surface area contributed by atoms with Crippen LogP contribution in [0.3, 0.4) is 0 Å². The number of aromatic nitrogens is 4. The highest BCUT2D eigenvalue weighted by molar-refractivity contribution is 7.13. The number of amides is 1. The van der Waals surface area contributed by atoms with Crippen LogP contribution in [0.1, 0.15) is 24.0 Å². The lowest BCUT2D eigenvalue weighted by Crippen LogP contribution is -2.31. The van der Waals surface area contributed by atoms with Crippen molar-refractivity contribution in [1.29, 1.82) is 0 Å². The van der Waals surface area contributed by atoms with Crippen molar-refractivity contribution in [2.45, 2.75) is 19.0 Å². The molecule has 28 heavy (non-hydrogen) atoms. The van der Waals surface area contributed by atoms with Gasteiger partial charge >= 0.3 is 0 Å². The van der Waals surface area contributed by atoms with Gasteiger partial charge in [-0.25, -0.2) is 5.01 Å². The quantitative estimate of drug-likeness (QED) is 0.516. The fraction of sp³-hybridized carbons (Fsp3) is 0.167. The third-order valence-corrected chi connectivity index (χ3v) is 5.18. The van der Waals surface area contributed by atoms with E-state index in [1.165, 1.54) is 21.1 Å². The van der Waals surface area contributed by atoms with E-state index >= 15 is 0 Å². The minimum Gasteiger partial charge on any atom is -0.467 e. The fourth-order valence-electron chi connectivity index (χ4n) is 3.04. The normalized spacial score (nSPS) is 16.5. The van der Waals surface area contributed by atoms with Crippen molar-refractivity contribution >= 4 is 23.0 Å². The van der Waals surface area contributed by atoms with E-state index in [1.807, 2.05) is 29.6 Å². The van der Waals surface area contributed by atoms with Crippen molar-refractivity contribution < 1.29 is 13.6 Å². The van der Waals surface area contributed by atoms with E-state index in [2.05, 4.69) is 20.5 Å². The molecule has 0 saturated heterocycles. The van der Waals surface area contributed by atoms with Gasteiger partial charge in [-0.2, -0.15) is 9.90 Å². The lowest BCUT2D eigenvalue weighted by Gasteiger charge is -2.19. The number of tetrazole rings is 1. The molecular weight excluding hydrogens is 380 g/mol. The number of carbonyl (C=O) groups excluding carboxylic acids is 1. The van der Waals surface area contributed by atoms with Gasteiger partial charge in [0.1, 0.15) is 29.8 Å². The molecule has 0 bridgehead atoms. The van der Waals surface area contributed by atoms with Gasteiger partial charge in [0.25, 0.3) is 5.91 Å². The lowest BCUT2D eigenvalue weighted by molar-refractivity contribution is -0.134. The van der Waals surface area contributed by atoms with Crippen LogP contribution in [-0.4, -0.2) is 36.8 Å². The Morgan fingerprint density at radius 2 is 2.07 bits per heavy atom. The van der Waals surface area contributed by atoms with Gasteiger partial charge in [-0.15, -0.1) is 21.5 Å². The summed E-state index contributed by atoms with van der Waals surface area (Å²) < 4.78 is 11.0. The van der Waals surface area contributed by atoms with Gasteiger partial charge < -0.3 is 8.83 Å². The summed E-state index contributed by atoms with van der Waals surface area (Å²) in [6.07, 6.45) is 3.66. The second kappa shape index (κ2) is 6.89. The number of rotatable bonds is 5. The Balaban J connectivity index is 1.39. The third-order valence-electron chi connectivity index (χ3n) is 4.31. The highest BCUT2D eigenvalue weighted by atomic mass is 32.1. The Morgan fingerprint density at radius 3 is 2.82 bits per heavy atom. The zero-order valence-corrected chi connectivity index (χ0v) is 15.3. The Morgan fingerprint density at radius 1 is 1.18 bits per heavy atom. The number of thiophene rings is 1. The summed E-state index contributed by atoms with van der Waals surface area (Å²) in [5, 5.41) is 20.1. The first-order chi connectivity index (χ1) is 13.8. The first-order valence-electron chi connectivity index (χ1n) is 8.56. The van der Waals surface area contributed by atoms with E-state index in [0.717, 1.165) is 4.88 Å². The second-order valence-corrected chi connectivity index (χ2v) is 7.07. The van der Waals surface area contributed by atoms with E-state index in [1.54, 1.807) is 24.7 Å². The molecule has 5 heterocycles. The van der Waals surface area contributed by atoms with Gasteiger partial charge in [0, 0.05) is 6.42 Å². The van der Waals surface area contributed by atoms with Crippen LogP contribution < -0.4 is 0 Å². The zero-order chi connectivity index (χ0) is 18.9. The molecule has 0 radical (unpaired) electrons. The number of carbonyl (C=O) groups is 1.